The fourth-order valence-corrected chi connectivity index (χ4v) is 1.63. The van der Waals surface area contributed by atoms with Crippen LogP contribution >= 0.6 is 0 Å². The summed E-state index contributed by atoms with van der Waals surface area (Å²) in [5, 5.41) is 5.03. The molecular formula is C14H13F2N3O. The Labute approximate surface area is 114 Å². The Morgan fingerprint density at radius 2 is 1.95 bits per heavy atom. The molecule has 2 amide bonds. The van der Waals surface area contributed by atoms with E-state index in [2.05, 4.69) is 10.6 Å². The van der Waals surface area contributed by atoms with Gasteiger partial charge in [-0.2, -0.15) is 0 Å². The molecular weight excluding hydrogens is 264 g/mol. The van der Waals surface area contributed by atoms with Crippen molar-refractivity contribution in [3.05, 3.63) is 59.7 Å². The van der Waals surface area contributed by atoms with E-state index < -0.39 is 17.7 Å². The molecule has 2 rings (SSSR count). The van der Waals surface area contributed by atoms with Crippen molar-refractivity contribution in [3.63, 3.8) is 0 Å². The summed E-state index contributed by atoms with van der Waals surface area (Å²) in [6, 6.07) is 9.35. The molecule has 0 spiro atoms. The molecule has 0 unspecified atom stereocenters. The van der Waals surface area contributed by atoms with Gasteiger partial charge < -0.3 is 16.4 Å². The van der Waals surface area contributed by atoms with Crippen molar-refractivity contribution >= 4 is 17.4 Å². The van der Waals surface area contributed by atoms with Crippen LogP contribution in [0.15, 0.2) is 42.5 Å². The highest BCUT2D eigenvalue weighted by atomic mass is 19.1. The maximum atomic E-state index is 13.4. The number of urea groups is 1. The Kier molecular flexibility index (Phi) is 4.14. The standard InChI is InChI=1S/C14H13F2N3O/c15-10-5-4-9(13(16)6-10)8-18-14(20)19-12-3-1-2-11(17)7-12/h1-7H,8,17H2,(H2,18,19,20). The van der Waals surface area contributed by atoms with E-state index in [-0.39, 0.29) is 12.1 Å². The van der Waals surface area contributed by atoms with Gasteiger partial charge in [0.25, 0.3) is 0 Å². The molecule has 0 bridgehead atoms. The first-order valence-corrected chi connectivity index (χ1v) is 5.89. The number of benzene rings is 2. The van der Waals surface area contributed by atoms with Gasteiger partial charge in [0.15, 0.2) is 0 Å². The summed E-state index contributed by atoms with van der Waals surface area (Å²) in [5.41, 5.74) is 6.83. The van der Waals surface area contributed by atoms with E-state index in [0.717, 1.165) is 12.1 Å². The third-order valence-corrected chi connectivity index (χ3v) is 2.60. The number of hydrogen-bond donors (Lipinski definition) is 3. The van der Waals surface area contributed by atoms with Gasteiger partial charge in [0.1, 0.15) is 11.6 Å². The first-order chi connectivity index (χ1) is 9.54. The molecule has 0 aliphatic carbocycles. The third-order valence-electron chi connectivity index (χ3n) is 2.60. The number of amides is 2. The molecule has 4 nitrogen and oxygen atoms in total. The first-order valence-electron chi connectivity index (χ1n) is 5.89. The molecule has 0 aromatic heterocycles. The van der Waals surface area contributed by atoms with Crippen molar-refractivity contribution in [2.24, 2.45) is 0 Å². The SMILES string of the molecule is Nc1cccc(NC(=O)NCc2ccc(F)cc2F)c1. The van der Waals surface area contributed by atoms with Gasteiger partial charge in [-0.3, -0.25) is 0 Å². The van der Waals surface area contributed by atoms with E-state index >= 15 is 0 Å². The molecule has 0 saturated carbocycles. The van der Waals surface area contributed by atoms with Crippen LogP contribution in [0.4, 0.5) is 25.0 Å². The number of rotatable bonds is 3. The maximum absolute atomic E-state index is 13.4. The Morgan fingerprint density at radius 3 is 2.65 bits per heavy atom. The number of halogens is 2. The van der Waals surface area contributed by atoms with E-state index in [4.69, 9.17) is 5.73 Å². The summed E-state index contributed by atoms with van der Waals surface area (Å²) in [6.07, 6.45) is 0. The number of nitrogen functional groups attached to an aromatic ring is 1. The Bertz CT molecular complexity index is 632. The third kappa shape index (κ3) is 3.68. The van der Waals surface area contributed by atoms with Gasteiger partial charge >= 0.3 is 6.03 Å². The summed E-state index contributed by atoms with van der Waals surface area (Å²) < 4.78 is 26.1. The van der Waals surface area contributed by atoms with Crippen molar-refractivity contribution in [1.29, 1.82) is 0 Å². The second kappa shape index (κ2) is 6.01. The summed E-state index contributed by atoms with van der Waals surface area (Å²) in [5.74, 6) is -1.36. The minimum atomic E-state index is -0.700. The number of anilines is 2. The lowest BCUT2D eigenvalue weighted by Gasteiger charge is -2.08. The molecule has 0 fully saturated rings. The van der Waals surface area contributed by atoms with Gasteiger partial charge in [-0.05, 0) is 24.3 Å². The number of carbonyl (C=O) groups excluding carboxylic acids is 1. The predicted molar refractivity (Wildman–Crippen MR) is 73.1 cm³/mol. The number of nitrogens with two attached hydrogens (primary N) is 1. The van der Waals surface area contributed by atoms with Crippen LogP contribution in [0, 0.1) is 11.6 Å². The van der Waals surface area contributed by atoms with Crippen molar-refractivity contribution in [3.8, 4) is 0 Å². The van der Waals surface area contributed by atoms with Gasteiger partial charge in [0, 0.05) is 29.5 Å². The zero-order valence-corrected chi connectivity index (χ0v) is 10.5. The average Bonchev–Trinajstić information content (AvgIpc) is 2.37. The quantitative estimate of drug-likeness (QED) is 0.755. The summed E-state index contributed by atoms with van der Waals surface area (Å²) >= 11 is 0. The van der Waals surface area contributed by atoms with Crippen molar-refractivity contribution < 1.29 is 13.6 Å². The number of hydrogen-bond acceptors (Lipinski definition) is 2. The predicted octanol–water partition coefficient (Wildman–Crippen LogP) is 2.87. The zero-order chi connectivity index (χ0) is 14.5. The van der Waals surface area contributed by atoms with Crippen LogP contribution in [0.25, 0.3) is 0 Å². The highest BCUT2D eigenvalue weighted by Crippen LogP contribution is 2.12. The molecule has 104 valence electrons. The molecule has 0 radical (unpaired) electrons. The molecule has 0 aliphatic heterocycles. The fraction of sp³-hybridized carbons (Fsp3) is 0.0714. The van der Waals surface area contributed by atoms with Crippen molar-refractivity contribution in [2.45, 2.75) is 6.54 Å². The Morgan fingerprint density at radius 1 is 1.15 bits per heavy atom. The highest BCUT2D eigenvalue weighted by Gasteiger charge is 2.06. The van der Waals surface area contributed by atoms with E-state index in [9.17, 15) is 13.6 Å². The second-order valence-electron chi connectivity index (χ2n) is 4.17. The lowest BCUT2D eigenvalue weighted by atomic mass is 10.2. The average molecular weight is 277 g/mol. The van der Waals surface area contributed by atoms with Crippen LogP contribution in [0.3, 0.4) is 0 Å². The smallest absolute Gasteiger partial charge is 0.319 e. The minimum Gasteiger partial charge on any atom is -0.399 e. The molecule has 0 saturated heterocycles. The van der Waals surface area contributed by atoms with E-state index in [1.165, 1.54) is 6.07 Å². The summed E-state index contributed by atoms with van der Waals surface area (Å²) in [4.78, 5) is 11.6. The van der Waals surface area contributed by atoms with E-state index in [1.807, 2.05) is 0 Å². The van der Waals surface area contributed by atoms with Gasteiger partial charge in [-0.15, -0.1) is 0 Å². The van der Waals surface area contributed by atoms with Crippen LogP contribution in [0.2, 0.25) is 0 Å². The molecule has 2 aromatic carbocycles. The normalized spacial score (nSPS) is 10.1. The van der Waals surface area contributed by atoms with E-state index in [0.29, 0.717) is 11.4 Å². The maximum Gasteiger partial charge on any atom is 0.319 e. The van der Waals surface area contributed by atoms with Crippen molar-refractivity contribution in [1.82, 2.24) is 5.32 Å². The van der Waals surface area contributed by atoms with Gasteiger partial charge in [-0.1, -0.05) is 12.1 Å². The van der Waals surface area contributed by atoms with Crippen LogP contribution in [-0.4, -0.2) is 6.03 Å². The molecule has 0 heterocycles. The molecule has 2 aromatic rings. The Hall–Kier alpha value is -2.63. The molecule has 20 heavy (non-hydrogen) atoms. The number of carbonyl (C=O) groups is 1. The van der Waals surface area contributed by atoms with Crippen LogP contribution in [0.1, 0.15) is 5.56 Å². The lowest BCUT2D eigenvalue weighted by molar-refractivity contribution is 0.251. The van der Waals surface area contributed by atoms with Gasteiger partial charge in [-0.25, -0.2) is 13.6 Å². The number of nitrogens with one attached hydrogen (secondary N) is 2. The lowest BCUT2D eigenvalue weighted by Crippen LogP contribution is -2.28. The van der Waals surface area contributed by atoms with E-state index in [1.54, 1.807) is 24.3 Å². The van der Waals surface area contributed by atoms with Gasteiger partial charge in [0.2, 0.25) is 0 Å². The minimum absolute atomic E-state index is 0.0414. The second-order valence-corrected chi connectivity index (χ2v) is 4.17. The Balaban J connectivity index is 1.92. The molecule has 0 aliphatic rings. The summed E-state index contributed by atoms with van der Waals surface area (Å²) in [7, 11) is 0. The van der Waals surface area contributed by atoms with Crippen LogP contribution in [-0.2, 0) is 6.54 Å². The van der Waals surface area contributed by atoms with Crippen molar-refractivity contribution in [2.75, 3.05) is 11.1 Å². The fourth-order valence-electron chi connectivity index (χ4n) is 1.63. The molecule has 6 heteroatoms. The molecule has 0 atom stereocenters. The zero-order valence-electron chi connectivity index (χ0n) is 10.5. The molecule has 4 N–H and O–H groups in total. The van der Waals surface area contributed by atoms with Crippen LogP contribution in [0.5, 0.6) is 0 Å². The monoisotopic (exact) mass is 277 g/mol. The first kappa shape index (κ1) is 13.8. The topological polar surface area (TPSA) is 67.1 Å². The van der Waals surface area contributed by atoms with Crippen LogP contribution < -0.4 is 16.4 Å². The summed E-state index contributed by atoms with van der Waals surface area (Å²) in [6.45, 7) is -0.0414. The van der Waals surface area contributed by atoms with Gasteiger partial charge in [0.05, 0.1) is 0 Å². The highest BCUT2D eigenvalue weighted by molar-refractivity contribution is 5.89. The largest absolute Gasteiger partial charge is 0.399 e.